The van der Waals surface area contributed by atoms with Gasteiger partial charge in [0.25, 0.3) is 0 Å². The van der Waals surface area contributed by atoms with Crippen molar-refractivity contribution in [2.24, 2.45) is 0 Å². The number of benzene rings is 2. The summed E-state index contributed by atoms with van der Waals surface area (Å²) in [6, 6.07) is 11.8. The van der Waals surface area contributed by atoms with Crippen LogP contribution in [0, 0.1) is 0 Å². The molecule has 0 heterocycles. The van der Waals surface area contributed by atoms with Crippen molar-refractivity contribution < 1.29 is 9.59 Å². The second kappa shape index (κ2) is 11.6. The monoisotopic (exact) mass is 468 g/mol. The molecular weight excluding hydrogens is 443 g/mol. The molecule has 0 saturated heterocycles. The molecule has 0 saturated carbocycles. The molecule has 0 aliphatic carbocycles. The van der Waals surface area contributed by atoms with Gasteiger partial charge < -0.3 is 10.2 Å². The molecule has 0 unspecified atom stereocenters. The summed E-state index contributed by atoms with van der Waals surface area (Å²) in [5.41, 5.74) is 1.60. The molecular formula is C23H27Cl3N2O2. The van der Waals surface area contributed by atoms with Crippen molar-refractivity contribution >= 4 is 46.6 Å². The van der Waals surface area contributed by atoms with Crippen molar-refractivity contribution in [3.8, 4) is 0 Å². The zero-order valence-electron chi connectivity index (χ0n) is 17.4. The van der Waals surface area contributed by atoms with Crippen LogP contribution in [-0.4, -0.2) is 28.8 Å². The molecule has 0 aromatic heterocycles. The Morgan fingerprint density at radius 3 is 2.30 bits per heavy atom. The van der Waals surface area contributed by atoms with E-state index in [0.29, 0.717) is 21.5 Å². The Bertz CT molecular complexity index is 889. The number of halogens is 3. The molecule has 0 radical (unpaired) electrons. The minimum Gasteiger partial charge on any atom is -0.352 e. The van der Waals surface area contributed by atoms with E-state index in [1.54, 1.807) is 35.2 Å². The third-order valence-corrected chi connectivity index (χ3v) is 5.94. The summed E-state index contributed by atoms with van der Waals surface area (Å²) in [6.45, 7) is 6.10. The van der Waals surface area contributed by atoms with E-state index in [-0.39, 0.29) is 30.8 Å². The van der Waals surface area contributed by atoms with Gasteiger partial charge in [0, 0.05) is 17.6 Å². The van der Waals surface area contributed by atoms with E-state index in [4.69, 9.17) is 34.8 Å². The fraction of sp³-hybridized carbons (Fsp3) is 0.391. The van der Waals surface area contributed by atoms with Gasteiger partial charge in [0.2, 0.25) is 11.8 Å². The van der Waals surface area contributed by atoms with Crippen LogP contribution in [0.4, 0.5) is 0 Å². The summed E-state index contributed by atoms with van der Waals surface area (Å²) >= 11 is 18.3. The predicted molar refractivity (Wildman–Crippen MR) is 124 cm³/mol. The summed E-state index contributed by atoms with van der Waals surface area (Å²) in [6.07, 6.45) is 1.45. The molecule has 0 bridgehead atoms. The average molecular weight is 470 g/mol. The van der Waals surface area contributed by atoms with E-state index in [1.165, 1.54) is 0 Å². The van der Waals surface area contributed by atoms with Crippen LogP contribution in [0.3, 0.4) is 0 Å². The molecule has 162 valence electrons. The number of carbonyl (C=O) groups excluding carboxylic acids is 2. The molecule has 7 heteroatoms. The standard InChI is InChI=1S/C23H27Cl3N2O2/c1-4-15(3)27-23(30)21(5-2)28(14-17-9-10-19(25)20(26)12-17)22(29)13-16-7-6-8-18(24)11-16/h6-12,15,21H,4-5,13-14H2,1-3H3,(H,27,30)/t15-,21+/m0/s1. The first-order valence-electron chi connectivity index (χ1n) is 10.0. The van der Waals surface area contributed by atoms with E-state index in [2.05, 4.69) is 5.32 Å². The molecule has 0 aliphatic heterocycles. The maximum Gasteiger partial charge on any atom is 0.243 e. The molecule has 0 aliphatic rings. The third-order valence-electron chi connectivity index (χ3n) is 4.97. The number of nitrogens with one attached hydrogen (secondary N) is 1. The maximum absolute atomic E-state index is 13.3. The van der Waals surface area contributed by atoms with Crippen LogP contribution >= 0.6 is 34.8 Å². The number of hydrogen-bond donors (Lipinski definition) is 1. The molecule has 0 spiro atoms. The number of carbonyl (C=O) groups is 2. The van der Waals surface area contributed by atoms with E-state index in [1.807, 2.05) is 32.9 Å². The highest BCUT2D eigenvalue weighted by atomic mass is 35.5. The Balaban J connectivity index is 2.32. The van der Waals surface area contributed by atoms with Gasteiger partial charge in [-0.15, -0.1) is 0 Å². The van der Waals surface area contributed by atoms with Gasteiger partial charge in [-0.1, -0.05) is 66.8 Å². The van der Waals surface area contributed by atoms with Crippen molar-refractivity contribution in [2.45, 2.75) is 58.7 Å². The van der Waals surface area contributed by atoms with Gasteiger partial charge in [-0.2, -0.15) is 0 Å². The van der Waals surface area contributed by atoms with Crippen molar-refractivity contribution in [1.82, 2.24) is 10.2 Å². The summed E-state index contributed by atoms with van der Waals surface area (Å²) in [7, 11) is 0. The number of nitrogens with zero attached hydrogens (tertiary/aromatic N) is 1. The lowest BCUT2D eigenvalue weighted by Crippen LogP contribution is -2.51. The van der Waals surface area contributed by atoms with Crippen molar-refractivity contribution in [1.29, 1.82) is 0 Å². The molecule has 2 atom stereocenters. The quantitative estimate of drug-likeness (QED) is 0.496. The van der Waals surface area contributed by atoms with Gasteiger partial charge in [-0.05, 0) is 55.2 Å². The smallest absolute Gasteiger partial charge is 0.243 e. The molecule has 4 nitrogen and oxygen atoms in total. The first kappa shape index (κ1) is 24.5. The molecule has 30 heavy (non-hydrogen) atoms. The highest BCUT2D eigenvalue weighted by Crippen LogP contribution is 2.24. The first-order valence-corrected chi connectivity index (χ1v) is 11.2. The van der Waals surface area contributed by atoms with Crippen molar-refractivity contribution in [2.75, 3.05) is 0 Å². The summed E-state index contributed by atoms with van der Waals surface area (Å²) < 4.78 is 0. The third kappa shape index (κ3) is 6.90. The van der Waals surface area contributed by atoms with E-state index >= 15 is 0 Å². The van der Waals surface area contributed by atoms with E-state index in [0.717, 1.165) is 17.5 Å². The van der Waals surface area contributed by atoms with Gasteiger partial charge in [-0.3, -0.25) is 9.59 Å². The van der Waals surface area contributed by atoms with Crippen LogP contribution in [0.15, 0.2) is 42.5 Å². The highest BCUT2D eigenvalue weighted by molar-refractivity contribution is 6.42. The van der Waals surface area contributed by atoms with Gasteiger partial charge in [0.1, 0.15) is 6.04 Å². The molecule has 1 N–H and O–H groups in total. The number of rotatable bonds is 9. The van der Waals surface area contributed by atoms with Crippen LogP contribution in [-0.2, 0) is 22.6 Å². The molecule has 2 rings (SSSR count). The Morgan fingerprint density at radius 1 is 0.967 bits per heavy atom. The van der Waals surface area contributed by atoms with Crippen molar-refractivity contribution in [3.63, 3.8) is 0 Å². The zero-order valence-corrected chi connectivity index (χ0v) is 19.7. The Hall–Kier alpha value is -1.75. The van der Waals surface area contributed by atoms with Crippen LogP contribution in [0.1, 0.15) is 44.7 Å². The molecule has 0 fully saturated rings. The average Bonchev–Trinajstić information content (AvgIpc) is 2.70. The Morgan fingerprint density at radius 2 is 1.70 bits per heavy atom. The number of amides is 2. The Labute approximate surface area is 193 Å². The Kier molecular flexibility index (Phi) is 9.47. The highest BCUT2D eigenvalue weighted by Gasteiger charge is 2.29. The van der Waals surface area contributed by atoms with Crippen molar-refractivity contribution in [3.05, 3.63) is 68.7 Å². The summed E-state index contributed by atoms with van der Waals surface area (Å²) in [4.78, 5) is 27.8. The van der Waals surface area contributed by atoms with Gasteiger partial charge in [-0.25, -0.2) is 0 Å². The van der Waals surface area contributed by atoms with Gasteiger partial charge in [0.05, 0.1) is 16.5 Å². The SMILES string of the molecule is CC[C@H](C(=O)N[C@@H](C)CC)N(Cc1ccc(Cl)c(Cl)c1)C(=O)Cc1cccc(Cl)c1. The zero-order chi connectivity index (χ0) is 22.3. The minimum atomic E-state index is -0.597. The maximum atomic E-state index is 13.3. The van der Waals surface area contributed by atoms with Crippen LogP contribution < -0.4 is 5.32 Å². The molecule has 2 aromatic rings. The molecule has 2 aromatic carbocycles. The summed E-state index contributed by atoms with van der Waals surface area (Å²) in [5, 5.41) is 4.42. The fourth-order valence-corrected chi connectivity index (χ4v) is 3.65. The van der Waals surface area contributed by atoms with E-state index < -0.39 is 6.04 Å². The second-order valence-corrected chi connectivity index (χ2v) is 8.57. The fourth-order valence-electron chi connectivity index (χ4n) is 3.12. The first-order chi connectivity index (χ1) is 14.2. The second-order valence-electron chi connectivity index (χ2n) is 7.32. The van der Waals surface area contributed by atoms with E-state index in [9.17, 15) is 9.59 Å². The normalized spacial score (nSPS) is 12.9. The van der Waals surface area contributed by atoms with Gasteiger partial charge in [0.15, 0.2) is 0 Å². The summed E-state index contributed by atoms with van der Waals surface area (Å²) in [5.74, 6) is -0.319. The van der Waals surface area contributed by atoms with Crippen LogP contribution in [0.25, 0.3) is 0 Å². The minimum absolute atomic E-state index is 0.0291. The lowest BCUT2D eigenvalue weighted by atomic mass is 10.1. The predicted octanol–water partition coefficient (Wildman–Crippen LogP) is 5.91. The lowest BCUT2D eigenvalue weighted by molar-refractivity contribution is -0.141. The van der Waals surface area contributed by atoms with Gasteiger partial charge >= 0.3 is 0 Å². The largest absolute Gasteiger partial charge is 0.352 e. The van der Waals surface area contributed by atoms with Crippen LogP contribution in [0.5, 0.6) is 0 Å². The number of hydrogen-bond acceptors (Lipinski definition) is 2. The molecule has 2 amide bonds. The topological polar surface area (TPSA) is 49.4 Å². The lowest BCUT2D eigenvalue weighted by Gasteiger charge is -2.31. The van der Waals surface area contributed by atoms with Crippen LogP contribution in [0.2, 0.25) is 15.1 Å².